The lowest BCUT2D eigenvalue weighted by Gasteiger charge is -2.38. The molecule has 0 aliphatic carbocycles. The van der Waals surface area contributed by atoms with E-state index in [0.717, 1.165) is 24.4 Å². The molecule has 2 heterocycles. The van der Waals surface area contributed by atoms with E-state index in [1.807, 2.05) is 11.8 Å². The normalized spacial score (nSPS) is 17.8. The van der Waals surface area contributed by atoms with Crippen LogP contribution in [0.3, 0.4) is 0 Å². The Morgan fingerprint density at radius 3 is 2.68 bits per heavy atom. The minimum atomic E-state index is 0.131. The Balaban J connectivity index is 1.26. The maximum absolute atomic E-state index is 11.6. The van der Waals surface area contributed by atoms with Crippen LogP contribution in [-0.2, 0) is 11.2 Å². The number of rotatable bonds is 6. The molecule has 2 aromatic carbocycles. The molecule has 4 nitrogen and oxygen atoms in total. The fourth-order valence-corrected chi connectivity index (χ4v) is 5.07. The Kier molecular flexibility index (Phi) is 6.23. The topological polar surface area (TPSA) is 35.6 Å². The number of fused-ring (bicyclic) bond motifs is 1. The number of benzene rings is 2. The summed E-state index contributed by atoms with van der Waals surface area (Å²) in [7, 11) is 2.22. The smallest absolute Gasteiger partial charge is 0.224 e. The second-order valence-electron chi connectivity index (χ2n) is 7.73. The van der Waals surface area contributed by atoms with Crippen molar-refractivity contribution in [3.63, 3.8) is 0 Å². The van der Waals surface area contributed by atoms with E-state index in [9.17, 15) is 4.79 Å². The summed E-state index contributed by atoms with van der Waals surface area (Å²) in [6, 6.07) is 17.7. The lowest BCUT2D eigenvalue weighted by atomic mass is 9.99. The van der Waals surface area contributed by atoms with Gasteiger partial charge in [0.1, 0.15) is 0 Å². The minimum absolute atomic E-state index is 0.131. The first-order valence-electron chi connectivity index (χ1n) is 10.2. The molecular weight excluding hydrogens is 366 g/mol. The van der Waals surface area contributed by atoms with E-state index in [0.29, 0.717) is 12.5 Å². The summed E-state index contributed by atoms with van der Waals surface area (Å²) in [5.74, 6) is 1.28. The number of nitrogens with zero attached hydrogens (tertiary/aromatic N) is 2. The molecule has 0 aromatic heterocycles. The first kappa shape index (κ1) is 19.3. The van der Waals surface area contributed by atoms with E-state index in [1.165, 1.54) is 42.1 Å². The number of aryl methyl sites for hydroxylation is 1. The Hall–Kier alpha value is -1.98. The van der Waals surface area contributed by atoms with E-state index in [2.05, 4.69) is 70.7 Å². The summed E-state index contributed by atoms with van der Waals surface area (Å²) in [6.45, 7) is 3.51. The van der Waals surface area contributed by atoms with Gasteiger partial charge in [-0.15, -0.1) is 11.8 Å². The van der Waals surface area contributed by atoms with Crippen molar-refractivity contribution in [3.8, 4) is 0 Å². The van der Waals surface area contributed by atoms with Gasteiger partial charge in [-0.3, -0.25) is 4.79 Å². The predicted octanol–water partition coefficient (Wildman–Crippen LogP) is 4.26. The Bertz CT molecular complexity index is 803. The van der Waals surface area contributed by atoms with Crippen LogP contribution >= 0.6 is 11.8 Å². The SMILES string of the molecule is CN(c1ccc2c(c1)CCC(=O)N2)C1CCN(CCSc2ccccc2)CC1. The quantitative estimate of drug-likeness (QED) is 0.741. The molecule has 0 bridgehead atoms. The predicted molar refractivity (Wildman–Crippen MR) is 118 cm³/mol. The molecule has 0 spiro atoms. The van der Waals surface area contributed by atoms with Crippen LogP contribution in [-0.4, -0.2) is 49.3 Å². The molecule has 1 saturated heterocycles. The number of amides is 1. The van der Waals surface area contributed by atoms with Crippen LogP contribution < -0.4 is 10.2 Å². The van der Waals surface area contributed by atoms with Gasteiger partial charge in [0.25, 0.3) is 0 Å². The molecule has 5 heteroatoms. The van der Waals surface area contributed by atoms with Crippen molar-refractivity contribution in [1.82, 2.24) is 4.90 Å². The summed E-state index contributed by atoms with van der Waals surface area (Å²) in [4.78, 5) is 17.9. The number of hydrogen-bond donors (Lipinski definition) is 1. The van der Waals surface area contributed by atoms with E-state index >= 15 is 0 Å². The highest BCUT2D eigenvalue weighted by atomic mass is 32.2. The molecule has 1 N–H and O–H groups in total. The summed E-state index contributed by atoms with van der Waals surface area (Å²) >= 11 is 1.95. The van der Waals surface area contributed by atoms with Crippen molar-refractivity contribution in [3.05, 3.63) is 54.1 Å². The summed E-state index contributed by atoms with van der Waals surface area (Å²) in [5, 5.41) is 2.98. The molecule has 2 aliphatic rings. The maximum Gasteiger partial charge on any atom is 0.224 e. The first-order valence-corrected chi connectivity index (χ1v) is 11.2. The number of hydrogen-bond acceptors (Lipinski definition) is 4. The van der Waals surface area contributed by atoms with Gasteiger partial charge in [-0.05, 0) is 55.2 Å². The lowest BCUT2D eigenvalue weighted by molar-refractivity contribution is -0.116. The van der Waals surface area contributed by atoms with E-state index < -0.39 is 0 Å². The van der Waals surface area contributed by atoms with Crippen LogP contribution in [0.2, 0.25) is 0 Å². The van der Waals surface area contributed by atoms with Crippen LogP contribution in [0.4, 0.5) is 11.4 Å². The van der Waals surface area contributed by atoms with Crippen molar-refractivity contribution < 1.29 is 4.79 Å². The third-order valence-electron chi connectivity index (χ3n) is 5.92. The van der Waals surface area contributed by atoms with Crippen LogP contribution in [0.5, 0.6) is 0 Å². The second-order valence-corrected chi connectivity index (χ2v) is 8.90. The second kappa shape index (κ2) is 9.01. The van der Waals surface area contributed by atoms with Gasteiger partial charge < -0.3 is 15.1 Å². The fourth-order valence-electron chi connectivity index (χ4n) is 4.14. The summed E-state index contributed by atoms with van der Waals surface area (Å²) in [5.41, 5.74) is 3.52. The zero-order chi connectivity index (χ0) is 19.3. The number of carbonyl (C=O) groups is 1. The monoisotopic (exact) mass is 395 g/mol. The van der Waals surface area contributed by atoms with Gasteiger partial charge in [-0.25, -0.2) is 0 Å². The fraction of sp³-hybridized carbons (Fsp3) is 0.435. The van der Waals surface area contributed by atoms with Crippen molar-refractivity contribution >= 4 is 29.0 Å². The number of carbonyl (C=O) groups excluding carboxylic acids is 1. The maximum atomic E-state index is 11.6. The number of anilines is 2. The molecule has 2 aromatic rings. The van der Waals surface area contributed by atoms with Gasteiger partial charge in [0.2, 0.25) is 5.91 Å². The molecule has 2 aliphatic heterocycles. The molecule has 0 unspecified atom stereocenters. The number of thioether (sulfide) groups is 1. The third kappa shape index (κ3) is 4.70. The van der Waals surface area contributed by atoms with Gasteiger partial charge in [-0.1, -0.05) is 18.2 Å². The molecular formula is C23H29N3OS. The molecule has 148 valence electrons. The summed E-state index contributed by atoms with van der Waals surface area (Å²) in [6.07, 6.45) is 3.86. The molecule has 1 amide bonds. The Morgan fingerprint density at radius 2 is 1.89 bits per heavy atom. The average molecular weight is 396 g/mol. The molecule has 0 radical (unpaired) electrons. The number of likely N-dealkylation sites (tertiary alicyclic amines) is 1. The zero-order valence-corrected chi connectivity index (χ0v) is 17.4. The molecule has 0 saturated carbocycles. The van der Waals surface area contributed by atoms with Gasteiger partial charge in [0, 0.05) is 61.2 Å². The van der Waals surface area contributed by atoms with Gasteiger partial charge in [0.05, 0.1) is 0 Å². The molecule has 0 atom stereocenters. The third-order valence-corrected chi connectivity index (χ3v) is 6.91. The van der Waals surface area contributed by atoms with E-state index in [-0.39, 0.29) is 5.91 Å². The standard InChI is InChI=1S/C23H29N3OS/c1-25(20-8-9-22-18(17-20)7-10-23(27)24-22)19-11-13-26(14-12-19)15-16-28-21-5-3-2-4-6-21/h2-6,8-9,17,19H,7,10-16H2,1H3,(H,24,27). The van der Waals surface area contributed by atoms with Crippen LogP contribution in [0.25, 0.3) is 0 Å². The van der Waals surface area contributed by atoms with Crippen molar-refractivity contribution in [2.75, 3.05) is 42.7 Å². The minimum Gasteiger partial charge on any atom is -0.372 e. The highest BCUT2D eigenvalue weighted by Crippen LogP contribution is 2.29. The molecule has 4 rings (SSSR count). The molecule has 28 heavy (non-hydrogen) atoms. The van der Waals surface area contributed by atoms with E-state index in [1.54, 1.807) is 0 Å². The highest BCUT2D eigenvalue weighted by molar-refractivity contribution is 7.99. The first-order chi connectivity index (χ1) is 13.7. The van der Waals surface area contributed by atoms with Crippen LogP contribution in [0.15, 0.2) is 53.4 Å². The van der Waals surface area contributed by atoms with Gasteiger partial charge in [-0.2, -0.15) is 0 Å². The van der Waals surface area contributed by atoms with Crippen LogP contribution in [0.1, 0.15) is 24.8 Å². The zero-order valence-electron chi connectivity index (χ0n) is 16.6. The van der Waals surface area contributed by atoms with Gasteiger partial charge in [0.15, 0.2) is 0 Å². The van der Waals surface area contributed by atoms with Crippen molar-refractivity contribution in [2.24, 2.45) is 0 Å². The Morgan fingerprint density at radius 1 is 1.11 bits per heavy atom. The Labute approximate surface area is 172 Å². The highest BCUT2D eigenvalue weighted by Gasteiger charge is 2.23. The van der Waals surface area contributed by atoms with Crippen LogP contribution in [0, 0.1) is 0 Å². The number of nitrogens with one attached hydrogen (secondary N) is 1. The van der Waals surface area contributed by atoms with Crippen molar-refractivity contribution in [1.29, 1.82) is 0 Å². The van der Waals surface area contributed by atoms with Crippen molar-refractivity contribution in [2.45, 2.75) is 36.6 Å². The largest absolute Gasteiger partial charge is 0.372 e. The summed E-state index contributed by atoms with van der Waals surface area (Å²) < 4.78 is 0. The number of piperidine rings is 1. The molecule has 1 fully saturated rings. The average Bonchev–Trinajstić information content (AvgIpc) is 2.74. The lowest BCUT2D eigenvalue weighted by Crippen LogP contribution is -2.44. The van der Waals surface area contributed by atoms with E-state index in [4.69, 9.17) is 0 Å². The van der Waals surface area contributed by atoms with Gasteiger partial charge >= 0.3 is 0 Å².